The molecule has 0 saturated carbocycles. The molecule has 0 aliphatic heterocycles. The number of nitrogens with one attached hydrogen (secondary N) is 1. The van der Waals surface area contributed by atoms with E-state index in [1.165, 1.54) is 32.8 Å². The van der Waals surface area contributed by atoms with Gasteiger partial charge >= 0.3 is 11.7 Å². The zero-order valence-electron chi connectivity index (χ0n) is 15.9. The molecular formula is C21H15N5O4S. The molecule has 0 spiro atoms. The normalized spacial score (nSPS) is 11.3. The summed E-state index contributed by atoms with van der Waals surface area (Å²) in [6.45, 7) is 0. The average molecular weight is 433 g/mol. The summed E-state index contributed by atoms with van der Waals surface area (Å²) in [4.78, 5) is 40.3. The third-order valence-corrected chi connectivity index (χ3v) is 5.25. The molecule has 0 aliphatic carbocycles. The largest absolute Gasteiger partial charge is 0.349 e. The molecule has 10 heteroatoms. The molecule has 2 amide bonds. The minimum Gasteiger partial charge on any atom is -0.306 e. The number of para-hydroxylation sites is 2. The Morgan fingerprint density at radius 1 is 0.903 bits per heavy atom. The van der Waals surface area contributed by atoms with Crippen molar-refractivity contribution in [2.75, 3.05) is 5.32 Å². The highest BCUT2D eigenvalue weighted by atomic mass is 32.1. The fraction of sp³-hybridized carbons (Fsp3) is 0. The molecule has 9 nitrogen and oxygen atoms in total. The Kier molecular flexibility index (Phi) is 5.54. The van der Waals surface area contributed by atoms with E-state index in [0.29, 0.717) is 17.1 Å². The molecule has 3 aromatic carbocycles. The van der Waals surface area contributed by atoms with Crippen molar-refractivity contribution in [3.8, 4) is 11.4 Å². The van der Waals surface area contributed by atoms with Crippen LogP contribution in [0.5, 0.6) is 0 Å². The van der Waals surface area contributed by atoms with Crippen LogP contribution in [-0.2, 0) is 0 Å². The first-order valence-electron chi connectivity index (χ1n) is 9.09. The number of carbonyl (C=O) groups excluding carboxylic acids is 1. The third kappa shape index (κ3) is 4.33. The van der Waals surface area contributed by atoms with Crippen molar-refractivity contribution in [2.45, 2.75) is 0 Å². The molecule has 0 fully saturated rings. The van der Waals surface area contributed by atoms with Crippen LogP contribution in [0.3, 0.4) is 0 Å². The lowest BCUT2D eigenvalue weighted by Gasteiger charge is -2.02. The van der Waals surface area contributed by atoms with Crippen LogP contribution in [0.1, 0.15) is 0 Å². The minimum absolute atomic E-state index is 0.108. The Bertz CT molecular complexity index is 1360. The number of non-ortho nitro benzene ring substituents is 1. The van der Waals surface area contributed by atoms with Gasteiger partial charge in [-0.25, -0.2) is 18.1 Å². The van der Waals surface area contributed by atoms with Crippen LogP contribution >= 0.6 is 11.5 Å². The van der Waals surface area contributed by atoms with E-state index in [9.17, 15) is 19.7 Å². The molecule has 4 rings (SSSR count). The average Bonchev–Trinajstić information content (AvgIpc) is 3.10. The van der Waals surface area contributed by atoms with Gasteiger partial charge in [-0.2, -0.15) is 4.99 Å². The number of aromatic nitrogens is 2. The second-order valence-corrected chi connectivity index (χ2v) is 7.22. The standard InChI is InChI=1S/C21H15N5O4S/c27-19(22-15-7-3-1-4-8-15)23-20-24(16-11-13-18(14-12-16)26(29)30)21(28)25(31-20)17-9-5-2-6-10-17/h1-14H,(H,22,27). The summed E-state index contributed by atoms with van der Waals surface area (Å²) < 4.78 is 2.64. The van der Waals surface area contributed by atoms with Crippen LogP contribution in [0, 0.1) is 10.1 Å². The highest BCUT2D eigenvalue weighted by Crippen LogP contribution is 2.14. The van der Waals surface area contributed by atoms with Crippen LogP contribution in [-0.4, -0.2) is 19.5 Å². The van der Waals surface area contributed by atoms with Gasteiger partial charge in [0.2, 0.25) is 4.80 Å². The number of amides is 2. The molecule has 0 atom stereocenters. The minimum atomic E-state index is -0.650. The molecule has 4 aromatic rings. The molecule has 0 aliphatic rings. The summed E-state index contributed by atoms with van der Waals surface area (Å²) in [5.74, 6) is 0. The van der Waals surface area contributed by atoms with E-state index in [-0.39, 0.29) is 10.5 Å². The molecule has 0 bridgehead atoms. The van der Waals surface area contributed by atoms with Crippen molar-refractivity contribution < 1.29 is 9.72 Å². The quantitative estimate of drug-likeness (QED) is 0.390. The van der Waals surface area contributed by atoms with Crippen molar-refractivity contribution in [1.82, 2.24) is 8.52 Å². The SMILES string of the molecule is O=C(N=c1sn(-c2ccccc2)c(=O)n1-c1ccc([N+](=O)[O-])cc1)Nc1ccccc1. The summed E-state index contributed by atoms with van der Waals surface area (Å²) >= 11 is 0.989. The third-order valence-electron chi connectivity index (χ3n) is 4.26. The number of anilines is 1. The zero-order chi connectivity index (χ0) is 21.8. The monoisotopic (exact) mass is 433 g/mol. The maximum absolute atomic E-state index is 13.2. The topological polar surface area (TPSA) is 112 Å². The molecule has 1 heterocycles. The smallest absolute Gasteiger partial charge is 0.306 e. The molecule has 1 aromatic heterocycles. The molecule has 1 N–H and O–H groups in total. The van der Waals surface area contributed by atoms with Crippen LogP contribution in [0.4, 0.5) is 16.2 Å². The van der Waals surface area contributed by atoms with Crippen molar-refractivity contribution in [3.05, 3.63) is 110 Å². The summed E-state index contributed by atoms with van der Waals surface area (Å²) in [5, 5.41) is 13.6. The van der Waals surface area contributed by atoms with Gasteiger partial charge in [-0.15, -0.1) is 0 Å². The van der Waals surface area contributed by atoms with Gasteiger partial charge in [-0.3, -0.25) is 10.1 Å². The van der Waals surface area contributed by atoms with E-state index in [1.54, 1.807) is 48.5 Å². The number of benzene rings is 3. The highest BCUT2D eigenvalue weighted by molar-refractivity contribution is 7.03. The van der Waals surface area contributed by atoms with Gasteiger partial charge in [0.25, 0.3) is 5.69 Å². The van der Waals surface area contributed by atoms with Gasteiger partial charge in [0.05, 0.1) is 16.3 Å². The predicted molar refractivity (Wildman–Crippen MR) is 117 cm³/mol. The summed E-state index contributed by atoms with van der Waals surface area (Å²) in [5.41, 5.74) is 0.971. The number of hydrogen-bond donors (Lipinski definition) is 1. The maximum Gasteiger partial charge on any atom is 0.349 e. The lowest BCUT2D eigenvalue weighted by molar-refractivity contribution is -0.384. The lowest BCUT2D eigenvalue weighted by Crippen LogP contribution is -2.28. The highest BCUT2D eigenvalue weighted by Gasteiger charge is 2.15. The van der Waals surface area contributed by atoms with Gasteiger partial charge in [-0.05, 0) is 47.9 Å². The molecule has 31 heavy (non-hydrogen) atoms. The van der Waals surface area contributed by atoms with Crippen LogP contribution in [0.25, 0.3) is 11.4 Å². The van der Waals surface area contributed by atoms with Crippen molar-refractivity contribution in [3.63, 3.8) is 0 Å². The van der Waals surface area contributed by atoms with Gasteiger partial charge in [0.1, 0.15) is 0 Å². The summed E-state index contributed by atoms with van der Waals surface area (Å²) in [6, 6.07) is 22.5. The summed E-state index contributed by atoms with van der Waals surface area (Å²) in [7, 11) is 0. The van der Waals surface area contributed by atoms with E-state index < -0.39 is 16.6 Å². The number of carbonyl (C=O) groups is 1. The van der Waals surface area contributed by atoms with Gasteiger partial charge in [-0.1, -0.05) is 36.4 Å². The number of nitro benzene ring substituents is 1. The molecule has 0 radical (unpaired) electrons. The van der Waals surface area contributed by atoms with E-state index in [0.717, 1.165) is 11.5 Å². The molecule has 0 saturated heterocycles. The maximum atomic E-state index is 13.2. The van der Waals surface area contributed by atoms with Crippen LogP contribution < -0.4 is 15.8 Å². The molecule has 0 unspecified atom stereocenters. The number of rotatable bonds is 4. The first kappa shape index (κ1) is 20.0. The van der Waals surface area contributed by atoms with E-state index in [1.807, 2.05) is 12.1 Å². The van der Waals surface area contributed by atoms with E-state index in [2.05, 4.69) is 10.3 Å². The number of nitrogens with zero attached hydrogens (tertiary/aromatic N) is 4. The lowest BCUT2D eigenvalue weighted by atomic mass is 10.3. The molecule has 154 valence electrons. The first-order valence-corrected chi connectivity index (χ1v) is 9.87. The van der Waals surface area contributed by atoms with E-state index >= 15 is 0 Å². The van der Waals surface area contributed by atoms with Crippen molar-refractivity contribution in [1.29, 1.82) is 0 Å². The Hall–Kier alpha value is -4.31. The number of urea groups is 1. The van der Waals surface area contributed by atoms with Gasteiger partial charge < -0.3 is 5.32 Å². The van der Waals surface area contributed by atoms with Crippen LogP contribution in [0.2, 0.25) is 0 Å². The van der Waals surface area contributed by atoms with E-state index in [4.69, 9.17) is 0 Å². The molecular weight excluding hydrogens is 418 g/mol. The number of nitro groups is 1. The van der Waals surface area contributed by atoms with Crippen molar-refractivity contribution >= 4 is 28.9 Å². The second kappa shape index (κ2) is 8.59. The fourth-order valence-corrected chi connectivity index (χ4v) is 3.77. The van der Waals surface area contributed by atoms with Crippen molar-refractivity contribution in [2.24, 2.45) is 4.99 Å². The predicted octanol–water partition coefficient (Wildman–Crippen LogP) is 3.73. The van der Waals surface area contributed by atoms with Crippen LogP contribution in [0.15, 0.2) is 94.7 Å². The Morgan fingerprint density at radius 3 is 2.13 bits per heavy atom. The number of hydrogen-bond acceptors (Lipinski definition) is 5. The zero-order valence-corrected chi connectivity index (χ0v) is 16.7. The first-order chi connectivity index (χ1) is 15.0. The summed E-state index contributed by atoms with van der Waals surface area (Å²) in [6.07, 6.45) is 0. The Morgan fingerprint density at radius 2 is 1.52 bits per heavy atom. The second-order valence-electron chi connectivity index (χ2n) is 6.30. The Balaban J connectivity index is 1.84. The van der Waals surface area contributed by atoms with Gasteiger partial charge in [0, 0.05) is 17.8 Å². The Labute approximate surface area is 179 Å². The van der Waals surface area contributed by atoms with Gasteiger partial charge in [0.15, 0.2) is 0 Å². The fourth-order valence-electron chi connectivity index (χ4n) is 2.84.